The van der Waals surface area contributed by atoms with Gasteiger partial charge in [0.1, 0.15) is 29.2 Å². The van der Waals surface area contributed by atoms with Gasteiger partial charge in [-0.2, -0.15) is 5.10 Å². The number of hydrogen-bond donors (Lipinski definition) is 5. The minimum Gasteiger partial charge on any atom is -0.465 e. The van der Waals surface area contributed by atoms with Crippen LogP contribution in [0.25, 0.3) is 5.69 Å². The summed E-state index contributed by atoms with van der Waals surface area (Å²) in [7, 11) is 0. The van der Waals surface area contributed by atoms with Gasteiger partial charge >= 0.3 is 12.1 Å². The van der Waals surface area contributed by atoms with E-state index in [2.05, 4.69) is 31.3 Å². The fourth-order valence-electron chi connectivity index (χ4n) is 4.03. The van der Waals surface area contributed by atoms with Crippen molar-refractivity contribution in [2.45, 2.75) is 52.6 Å². The molecule has 0 aliphatic heterocycles. The van der Waals surface area contributed by atoms with Gasteiger partial charge in [0.05, 0.1) is 17.1 Å². The average molecular weight is 604 g/mol. The number of rotatable bonds is 9. The lowest BCUT2D eigenvalue weighted by Crippen LogP contribution is -2.43. The Kier molecular flexibility index (Phi) is 9.47. The Morgan fingerprint density at radius 1 is 1.00 bits per heavy atom. The number of benzene rings is 2. The molecule has 0 unspecified atom stereocenters. The van der Waals surface area contributed by atoms with E-state index >= 15 is 0 Å². The topological polar surface area (TPSA) is 160 Å². The zero-order chi connectivity index (χ0) is 32.0. The van der Waals surface area contributed by atoms with Crippen molar-refractivity contribution in [1.29, 1.82) is 0 Å². The highest BCUT2D eigenvalue weighted by atomic mass is 19.1. The maximum absolute atomic E-state index is 14.9. The molecule has 0 fully saturated rings. The van der Waals surface area contributed by atoms with Crippen molar-refractivity contribution in [2.24, 2.45) is 0 Å². The maximum atomic E-state index is 14.9. The zero-order valence-corrected chi connectivity index (χ0v) is 24.9. The van der Waals surface area contributed by atoms with Gasteiger partial charge in [-0.3, -0.25) is 15.1 Å². The number of hydrogen-bond acceptors (Lipinski definition) is 6. The summed E-state index contributed by atoms with van der Waals surface area (Å²) in [5.74, 6) is -0.00278. The Hall–Kier alpha value is -5.46. The average Bonchev–Trinajstić information content (AvgIpc) is 3.37. The molecule has 2 aromatic carbocycles. The number of carbonyl (C=O) groups is 3. The Labute approximate surface area is 253 Å². The van der Waals surface area contributed by atoms with E-state index in [0.717, 1.165) is 11.3 Å². The van der Waals surface area contributed by atoms with Crippen molar-refractivity contribution in [1.82, 2.24) is 25.4 Å². The number of pyridine rings is 1. The van der Waals surface area contributed by atoms with Gasteiger partial charge in [0.2, 0.25) is 5.91 Å². The van der Waals surface area contributed by atoms with E-state index in [1.165, 1.54) is 19.1 Å². The first kappa shape index (κ1) is 31.5. The molecule has 0 aliphatic carbocycles. The predicted octanol–water partition coefficient (Wildman–Crippen LogP) is 5.72. The smallest absolute Gasteiger partial charge is 0.405 e. The lowest BCUT2D eigenvalue weighted by atomic mass is 9.92. The predicted molar refractivity (Wildman–Crippen MR) is 163 cm³/mol. The van der Waals surface area contributed by atoms with Crippen LogP contribution < -0.4 is 26.0 Å². The lowest BCUT2D eigenvalue weighted by Gasteiger charge is -2.14. The van der Waals surface area contributed by atoms with Gasteiger partial charge in [-0.25, -0.2) is 18.7 Å². The molecule has 4 amide bonds. The first-order chi connectivity index (χ1) is 20.8. The second-order valence-corrected chi connectivity index (χ2v) is 11.1. The molecular weight excluding hydrogens is 569 g/mol. The highest BCUT2D eigenvalue weighted by Gasteiger charge is 2.22. The number of nitrogens with one attached hydrogen (secondary N) is 4. The van der Waals surface area contributed by atoms with Crippen LogP contribution in [-0.4, -0.2) is 43.9 Å². The van der Waals surface area contributed by atoms with E-state index in [0.29, 0.717) is 22.9 Å². The third-order valence-corrected chi connectivity index (χ3v) is 6.39. The summed E-state index contributed by atoms with van der Waals surface area (Å²) in [6.45, 7) is 9.41. The Morgan fingerprint density at radius 2 is 1.70 bits per heavy atom. The molecule has 12 nitrogen and oxygen atoms in total. The van der Waals surface area contributed by atoms with Crippen molar-refractivity contribution < 1.29 is 28.6 Å². The third-order valence-electron chi connectivity index (χ3n) is 6.39. The largest absolute Gasteiger partial charge is 0.465 e. The van der Waals surface area contributed by atoms with Crippen LogP contribution in [0.1, 0.15) is 44.6 Å². The molecule has 2 heterocycles. The van der Waals surface area contributed by atoms with Crippen molar-refractivity contribution >= 4 is 29.5 Å². The molecule has 0 aliphatic rings. The molecular formula is C31H34FN7O5. The minimum absolute atomic E-state index is 0.0397. The molecule has 230 valence electrons. The van der Waals surface area contributed by atoms with E-state index in [1.807, 2.05) is 27.7 Å². The van der Waals surface area contributed by atoms with Gasteiger partial charge in [-0.1, -0.05) is 32.9 Å². The second kappa shape index (κ2) is 13.2. The monoisotopic (exact) mass is 603 g/mol. The van der Waals surface area contributed by atoms with E-state index < -0.39 is 29.9 Å². The van der Waals surface area contributed by atoms with Gasteiger partial charge < -0.3 is 25.8 Å². The Balaban J connectivity index is 1.46. The number of amides is 4. The van der Waals surface area contributed by atoms with Gasteiger partial charge in [0, 0.05) is 42.0 Å². The summed E-state index contributed by atoms with van der Waals surface area (Å²) in [6.07, 6.45) is 0.310. The van der Waals surface area contributed by atoms with Gasteiger partial charge in [0.25, 0.3) is 0 Å². The van der Waals surface area contributed by atoms with Crippen LogP contribution in [0.2, 0.25) is 0 Å². The Morgan fingerprint density at radius 3 is 2.34 bits per heavy atom. The number of ether oxygens (including phenoxy) is 1. The molecule has 0 spiro atoms. The number of carbonyl (C=O) groups excluding carboxylic acids is 2. The summed E-state index contributed by atoms with van der Waals surface area (Å²) in [5.41, 5.74) is 2.49. The van der Waals surface area contributed by atoms with E-state index in [4.69, 9.17) is 9.84 Å². The quantitative estimate of drug-likeness (QED) is 0.164. The molecule has 1 atom stereocenters. The second-order valence-electron chi connectivity index (χ2n) is 11.1. The summed E-state index contributed by atoms with van der Waals surface area (Å²) in [5, 5.41) is 23.5. The van der Waals surface area contributed by atoms with Crippen LogP contribution in [0.15, 0.2) is 66.9 Å². The number of aromatic nitrogens is 3. The molecule has 0 radical (unpaired) electrons. The first-order valence-electron chi connectivity index (χ1n) is 13.7. The van der Waals surface area contributed by atoms with Crippen LogP contribution in [0.3, 0.4) is 0 Å². The van der Waals surface area contributed by atoms with Crippen molar-refractivity contribution in [3.05, 3.63) is 89.6 Å². The number of urea groups is 1. The number of carboxylic acid groups (broad SMARTS) is 1. The fraction of sp³-hybridized carbons (Fsp3) is 0.258. The molecule has 2 aromatic heterocycles. The van der Waals surface area contributed by atoms with Gasteiger partial charge in [-0.05, 0) is 49.7 Å². The normalized spacial score (nSPS) is 11.8. The molecule has 0 saturated carbocycles. The lowest BCUT2D eigenvalue weighted by molar-refractivity contribution is -0.122. The number of aryl methyl sites for hydroxylation is 1. The fourth-order valence-corrected chi connectivity index (χ4v) is 4.03. The summed E-state index contributed by atoms with van der Waals surface area (Å²) < 4.78 is 22.1. The SMILES string of the molecule is Cc1cc(Oc2ccc(NC(=O)Nc3cc(C(C)(C)C)nn3-c3ccc(CNC(=O)[C@@H](C)NC(=O)O)cc3)c(F)c2)ccn1. The molecule has 0 saturated heterocycles. The highest BCUT2D eigenvalue weighted by Crippen LogP contribution is 2.28. The van der Waals surface area contributed by atoms with Crippen LogP contribution in [-0.2, 0) is 16.8 Å². The zero-order valence-electron chi connectivity index (χ0n) is 24.9. The standard InChI is InChI=1S/C31H34FN7O5/c1-18-14-23(12-13-33-18)44-22-10-11-25(24(32)15-22)36-29(41)37-27-16-26(31(3,4)5)38-39(27)21-8-6-20(7-9-21)17-34-28(40)19(2)35-30(42)43/h6-16,19,35H,17H2,1-5H3,(H,34,40)(H,42,43)(H2,36,37,41)/t19-/m1/s1. The van der Waals surface area contributed by atoms with Crippen molar-refractivity contribution in [3.63, 3.8) is 0 Å². The van der Waals surface area contributed by atoms with Gasteiger partial charge in [-0.15, -0.1) is 0 Å². The minimum atomic E-state index is -1.28. The van der Waals surface area contributed by atoms with Crippen molar-refractivity contribution in [3.8, 4) is 17.2 Å². The molecule has 5 N–H and O–H groups in total. The number of nitrogens with zero attached hydrogens (tertiary/aromatic N) is 3. The molecule has 44 heavy (non-hydrogen) atoms. The summed E-state index contributed by atoms with van der Waals surface area (Å²) in [6, 6.07) is 14.8. The Bertz CT molecular complexity index is 1660. The van der Waals surface area contributed by atoms with E-state index in [1.54, 1.807) is 59.4 Å². The van der Waals surface area contributed by atoms with Gasteiger partial charge in [0.15, 0.2) is 0 Å². The highest BCUT2D eigenvalue weighted by molar-refractivity contribution is 5.99. The van der Waals surface area contributed by atoms with E-state index in [-0.39, 0.29) is 23.4 Å². The van der Waals surface area contributed by atoms with Crippen LogP contribution in [0.5, 0.6) is 11.5 Å². The van der Waals surface area contributed by atoms with Crippen LogP contribution in [0, 0.1) is 12.7 Å². The van der Waals surface area contributed by atoms with Crippen LogP contribution in [0.4, 0.5) is 25.5 Å². The molecule has 4 rings (SSSR count). The summed E-state index contributed by atoms with van der Waals surface area (Å²) >= 11 is 0. The van der Waals surface area contributed by atoms with E-state index in [9.17, 15) is 18.8 Å². The number of anilines is 2. The van der Waals surface area contributed by atoms with Crippen molar-refractivity contribution in [2.75, 3.05) is 10.6 Å². The molecule has 13 heteroatoms. The maximum Gasteiger partial charge on any atom is 0.405 e. The third kappa shape index (κ3) is 8.31. The summed E-state index contributed by atoms with van der Waals surface area (Å²) in [4.78, 5) is 39.9. The molecule has 0 bridgehead atoms. The number of halogens is 1. The van der Waals surface area contributed by atoms with Crippen LogP contribution >= 0.6 is 0 Å². The molecule has 4 aromatic rings. The first-order valence-corrected chi connectivity index (χ1v) is 13.7.